The van der Waals surface area contributed by atoms with E-state index in [1.807, 2.05) is 25.1 Å². The number of fused-ring (bicyclic) bond motifs is 1. The van der Waals surface area contributed by atoms with Gasteiger partial charge >= 0.3 is 0 Å². The quantitative estimate of drug-likeness (QED) is 0.912. The Balaban J connectivity index is 1.54. The number of rotatable bonds is 3. The minimum atomic E-state index is -0.471. The van der Waals surface area contributed by atoms with Crippen LogP contribution in [0, 0.1) is 18.7 Å². The lowest BCUT2D eigenvalue weighted by atomic mass is 10.1. The summed E-state index contributed by atoms with van der Waals surface area (Å²) in [5.74, 6) is 0.640. The molecule has 2 unspecified atom stereocenters. The van der Waals surface area contributed by atoms with Crippen LogP contribution in [-0.4, -0.2) is 28.0 Å². The van der Waals surface area contributed by atoms with Crippen molar-refractivity contribution in [3.63, 3.8) is 0 Å². The summed E-state index contributed by atoms with van der Waals surface area (Å²) >= 11 is 0. The van der Waals surface area contributed by atoms with Crippen LogP contribution < -0.4 is 10.6 Å². The summed E-state index contributed by atoms with van der Waals surface area (Å²) in [6, 6.07) is 6.01. The van der Waals surface area contributed by atoms with E-state index in [9.17, 15) is 9.18 Å². The SMILES string of the molecule is Cc1ccc(NC(=O)C2CC3C[C@H]3N2)cc1-c1ncc(F)cn1. The summed E-state index contributed by atoms with van der Waals surface area (Å²) < 4.78 is 13.0. The van der Waals surface area contributed by atoms with E-state index in [2.05, 4.69) is 20.6 Å². The van der Waals surface area contributed by atoms with Crippen molar-refractivity contribution in [3.8, 4) is 11.4 Å². The first-order valence-electron chi connectivity index (χ1n) is 7.75. The lowest BCUT2D eigenvalue weighted by Crippen LogP contribution is -2.37. The second kappa shape index (κ2) is 5.38. The van der Waals surface area contributed by atoms with Crippen LogP contribution in [0.5, 0.6) is 0 Å². The number of carbonyl (C=O) groups excluding carboxylic acids is 1. The summed E-state index contributed by atoms with van der Waals surface area (Å²) in [4.78, 5) is 20.3. The number of aryl methyl sites for hydroxylation is 1. The van der Waals surface area contributed by atoms with Crippen molar-refractivity contribution in [2.75, 3.05) is 5.32 Å². The average Bonchev–Trinajstić information content (AvgIpc) is 3.16. The minimum Gasteiger partial charge on any atom is -0.325 e. The molecule has 4 rings (SSSR count). The zero-order valence-electron chi connectivity index (χ0n) is 12.7. The molecule has 118 valence electrons. The highest BCUT2D eigenvalue weighted by Gasteiger charge is 2.47. The molecule has 0 radical (unpaired) electrons. The van der Waals surface area contributed by atoms with Crippen LogP contribution >= 0.6 is 0 Å². The topological polar surface area (TPSA) is 66.9 Å². The number of halogens is 1. The molecule has 2 fully saturated rings. The molecular weight excluding hydrogens is 295 g/mol. The van der Waals surface area contributed by atoms with E-state index in [-0.39, 0.29) is 11.9 Å². The second-order valence-corrected chi connectivity index (χ2v) is 6.30. The Morgan fingerprint density at radius 2 is 2.09 bits per heavy atom. The highest BCUT2D eigenvalue weighted by atomic mass is 19.1. The van der Waals surface area contributed by atoms with Crippen LogP contribution in [0.3, 0.4) is 0 Å². The number of hydrogen-bond donors (Lipinski definition) is 2. The first-order valence-corrected chi connectivity index (χ1v) is 7.75. The van der Waals surface area contributed by atoms with E-state index in [4.69, 9.17) is 0 Å². The summed E-state index contributed by atoms with van der Waals surface area (Å²) in [6.45, 7) is 1.93. The van der Waals surface area contributed by atoms with Crippen molar-refractivity contribution in [2.45, 2.75) is 31.8 Å². The summed E-state index contributed by atoms with van der Waals surface area (Å²) in [7, 11) is 0. The third-order valence-electron chi connectivity index (χ3n) is 4.56. The molecule has 3 atom stereocenters. The maximum atomic E-state index is 13.0. The molecule has 1 saturated carbocycles. The van der Waals surface area contributed by atoms with E-state index in [1.165, 1.54) is 6.42 Å². The molecule has 23 heavy (non-hydrogen) atoms. The van der Waals surface area contributed by atoms with Gasteiger partial charge in [-0.25, -0.2) is 14.4 Å². The number of aromatic nitrogens is 2. The third-order valence-corrected chi connectivity index (χ3v) is 4.56. The first kappa shape index (κ1) is 14.3. The average molecular weight is 312 g/mol. The van der Waals surface area contributed by atoms with Gasteiger partial charge in [0.25, 0.3) is 0 Å². The molecule has 1 aromatic heterocycles. The van der Waals surface area contributed by atoms with Crippen LogP contribution in [-0.2, 0) is 4.79 Å². The first-order chi connectivity index (χ1) is 11.1. The van der Waals surface area contributed by atoms with Crippen LogP contribution in [0.4, 0.5) is 10.1 Å². The van der Waals surface area contributed by atoms with Crippen molar-refractivity contribution >= 4 is 11.6 Å². The normalized spacial score (nSPS) is 25.0. The molecule has 1 aliphatic carbocycles. The van der Waals surface area contributed by atoms with E-state index in [1.54, 1.807) is 0 Å². The number of benzene rings is 1. The summed E-state index contributed by atoms with van der Waals surface area (Å²) in [5, 5.41) is 6.28. The monoisotopic (exact) mass is 312 g/mol. The largest absolute Gasteiger partial charge is 0.325 e. The molecule has 1 saturated heterocycles. The fourth-order valence-electron chi connectivity index (χ4n) is 3.15. The van der Waals surface area contributed by atoms with Gasteiger partial charge in [0.05, 0.1) is 18.4 Å². The van der Waals surface area contributed by atoms with Crippen molar-refractivity contribution < 1.29 is 9.18 Å². The molecule has 5 nitrogen and oxygen atoms in total. The highest BCUT2D eigenvalue weighted by Crippen LogP contribution is 2.40. The molecule has 6 heteroatoms. The fourth-order valence-corrected chi connectivity index (χ4v) is 3.15. The Morgan fingerprint density at radius 1 is 1.30 bits per heavy atom. The Kier molecular flexibility index (Phi) is 3.34. The van der Waals surface area contributed by atoms with Crippen LogP contribution in [0.15, 0.2) is 30.6 Å². The van der Waals surface area contributed by atoms with Crippen molar-refractivity contribution in [1.29, 1.82) is 0 Å². The zero-order valence-corrected chi connectivity index (χ0v) is 12.7. The lowest BCUT2D eigenvalue weighted by Gasteiger charge is -2.14. The number of hydrogen-bond acceptors (Lipinski definition) is 4. The van der Waals surface area contributed by atoms with Crippen LogP contribution in [0.1, 0.15) is 18.4 Å². The van der Waals surface area contributed by atoms with Gasteiger partial charge in [0.15, 0.2) is 11.6 Å². The molecule has 0 bridgehead atoms. The third kappa shape index (κ3) is 2.82. The van der Waals surface area contributed by atoms with Gasteiger partial charge in [-0.05, 0) is 43.4 Å². The molecule has 1 amide bonds. The Morgan fingerprint density at radius 3 is 2.78 bits per heavy atom. The summed E-state index contributed by atoms with van der Waals surface area (Å²) in [5.41, 5.74) is 2.45. The van der Waals surface area contributed by atoms with E-state index >= 15 is 0 Å². The molecule has 1 aliphatic heterocycles. The molecule has 0 spiro atoms. The number of anilines is 1. The fraction of sp³-hybridized carbons (Fsp3) is 0.353. The van der Waals surface area contributed by atoms with Crippen LogP contribution in [0.25, 0.3) is 11.4 Å². The highest BCUT2D eigenvalue weighted by molar-refractivity contribution is 5.95. The van der Waals surface area contributed by atoms with Crippen LogP contribution in [0.2, 0.25) is 0 Å². The van der Waals surface area contributed by atoms with E-state index in [0.29, 0.717) is 23.5 Å². The number of piperidine rings is 1. The van der Waals surface area contributed by atoms with Gasteiger partial charge in [-0.15, -0.1) is 0 Å². The van der Waals surface area contributed by atoms with Gasteiger partial charge in [0.1, 0.15) is 0 Å². The number of carbonyl (C=O) groups is 1. The molecule has 2 aromatic rings. The molecule has 1 aromatic carbocycles. The predicted molar refractivity (Wildman–Crippen MR) is 84.2 cm³/mol. The van der Waals surface area contributed by atoms with Crippen molar-refractivity contribution in [1.82, 2.24) is 15.3 Å². The van der Waals surface area contributed by atoms with E-state index in [0.717, 1.165) is 29.9 Å². The minimum absolute atomic E-state index is 0.00738. The Bertz CT molecular complexity index is 752. The van der Waals surface area contributed by atoms with Crippen molar-refractivity contribution in [3.05, 3.63) is 42.0 Å². The lowest BCUT2D eigenvalue weighted by molar-refractivity contribution is -0.118. The van der Waals surface area contributed by atoms with E-state index < -0.39 is 5.82 Å². The second-order valence-electron chi connectivity index (χ2n) is 6.30. The summed E-state index contributed by atoms with van der Waals surface area (Å²) in [6.07, 6.45) is 4.39. The van der Waals surface area contributed by atoms with Crippen molar-refractivity contribution in [2.24, 2.45) is 5.92 Å². The Hall–Kier alpha value is -2.34. The molecule has 2 heterocycles. The maximum Gasteiger partial charge on any atom is 0.241 e. The van der Waals surface area contributed by atoms with Gasteiger partial charge in [0.2, 0.25) is 5.91 Å². The smallest absolute Gasteiger partial charge is 0.241 e. The number of amides is 1. The maximum absolute atomic E-state index is 13.0. The van der Waals surface area contributed by atoms with Gasteiger partial charge in [-0.3, -0.25) is 4.79 Å². The molecule has 2 aliphatic rings. The van der Waals surface area contributed by atoms with Gasteiger partial charge in [0, 0.05) is 17.3 Å². The van der Waals surface area contributed by atoms with Gasteiger partial charge in [-0.1, -0.05) is 6.07 Å². The number of nitrogens with zero attached hydrogens (tertiary/aromatic N) is 2. The molecular formula is C17H17FN4O. The standard InChI is InChI=1S/C17H17FN4O/c1-9-2-3-12(6-13(9)16-19-7-11(18)8-20-16)21-17(23)15-5-10-4-14(10)22-15/h2-3,6-8,10,14-15,22H,4-5H2,1H3,(H,21,23)/t10?,14-,15?/m1/s1. The Labute approximate surface area is 133 Å². The van der Waals surface area contributed by atoms with Gasteiger partial charge in [-0.2, -0.15) is 0 Å². The zero-order chi connectivity index (χ0) is 16.0. The predicted octanol–water partition coefficient (Wildman–Crippen LogP) is 2.28. The molecule has 2 N–H and O–H groups in total. The number of nitrogens with one attached hydrogen (secondary N) is 2. The van der Waals surface area contributed by atoms with Gasteiger partial charge < -0.3 is 10.6 Å².